The average Bonchev–Trinajstić information content (AvgIpc) is 2.86. The smallest absolute Gasteiger partial charge is 0.676 e. The van der Waals surface area contributed by atoms with Gasteiger partial charge in [-0.3, -0.25) is 14.8 Å². The zero-order chi connectivity index (χ0) is 25.4. The number of carboxylic acid groups (broad SMARTS) is 1. The molecule has 1 unspecified atom stereocenters. The number of nitrogens with one attached hydrogen (secondary N) is 2. The third-order valence-corrected chi connectivity index (χ3v) is 6.24. The van der Waals surface area contributed by atoms with Crippen molar-refractivity contribution in [1.82, 2.24) is 9.97 Å². The van der Waals surface area contributed by atoms with Crippen LogP contribution in [0, 0.1) is 19.7 Å². The van der Waals surface area contributed by atoms with Crippen molar-refractivity contribution < 1.29 is 40.8 Å². The van der Waals surface area contributed by atoms with Gasteiger partial charge in [-0.1, -0.05) is 49.9 Å². The molecule has 0 saturated heterocycles. The molecule has 1 fully saturated rings. The van der Waals surface area contributed by atoms with Crippen molar-refractivity contribution in [3.63, 3.8) is 0 Å². The summed E-state index contributed by atoms with van der Waals surface area (Å²) in [5.41, 5.74) is 19.8. The number of hydrogen-bond acceptors (Lipinski definition) is 3. The Morgan fingerprint density at radius 1 is 0.892 bits per heavy atom. The number of fused-ring (bicyclic) bond motifs is 3. The molecular formula is C28H33FN4O3Pt. The summed E-state index contributed by atoms with van der Waals surface area (Å²) in [5.74, 6) is -1.25. The molecule has 2 aromatic heterocycles. The molecule has 2 heterocycles. The first-order valence-electron chi connectivity index (χ1n) is 11.7. The number of aromatic nitrogens is 2. The van der Waals surface area contributed by atoms with Crippen molar-refractivity contribution in [2.24, 2.45) is 0 Å². The van der Waals surface area contributed by atoms with Crippen molar-refractivity contribution in [2.75, 3.05) is 0 Å². The van der Waals surface area contributed by atoms with E-state index >= 15 is 0 Å². The van der Waals surface area contributed by atoms with Crippen LogP contribution in [0.1, 0.15) is 42.4 Å². The molecule has 200 valence electrons. The zero-order valence-corrected chi connectivity index (χ0v) is 23.2. The quantitative estimate of drug-likeness (QED) is 0.243. The molecule has 37 heavy (non-hydrogen) atoms. The number of pyridine rings is 2. The Kier molecular flexibility index (Phi) is 13.5. The van der Waals surface area contributed by atoms with Crippen molar-refractivity contribution in [2.45, 2.75) is 58.0 Å². The zero-order valence-electron chi connectivity index (χ0n) is 20.9. The van der Waals surface area contributed by atoms with Gasteiger partial charge in [0.05, 0.1) is 17.5 Å². The van der Waals surface area contributed by atoms with Gasteiger partial charge in [0.2, 0.25) is 0 Å². The SMILES string of the molecule is Cc1c(C)c2cccnc2c2ncccc12.O.O=C(O)Cc1ccc(F)cc1.[NH-]C1CCCC[C@@H]1[NH-].[Pt+2]. The Balaban J connectivity index is 0.000000288. The monoisotopic (exact) mass is 687 g/mol. The van der Waals surface area contributed by atoms with Crippen molar-refractivity contribution in [3.05, 3.63) is 94.9 Å². The molecule has 2 atom stereocenters. The summed E-state index contributed by atoms with van der Waals surface area (Å²) in [6.45, 7) is 4.29. The molecule has 0 aliphatic heterocycles. The standard InChI is InChI=1S/C14H12N2.C8H7FO2.C6H12N2.H2O.Pt/c1-9-10(2)12-6-4-8-16-14(12)13-11(9)5-3-7-15-13;9-7-3-1-6(2-4-7)5-8(10)11;7-5-3-1-2-4-6(5)8;;/h3-8H,1-2H3;1-4H,5H2,(H,10,11);5-8H,1-4H2;1H2;/q;;-2;;+2/t;;5-,6?;;/m..0../s1. The second kappa shape index (κ2) is 15.5. The van der Waals surface area contributed by atoms with E-state index < -0.39 is 5.97 Å². The Morgan fingerprint density at radius 2 is 1.32 bits per heavy atom. The first-order valence-corrected chi connectivity index (χ1v) is 11.7. The average molecular weight is 688 g/mol. The van der Waals surface area contributed by atoms with Crippen LogP contribution in [0.15, 0.2) is 60.9 Å². The number of halogens is 1. The maximum atomic E-state index is 12.3. The van der Waals surface area contributed by atoms with Gasteiger partial charge in [-0.05, 0) is 54.8 Å². The van der Waals surface area contributed by atoms with Gasteiger partial charge in [-0.15, -0.1) is 0 Å². The third-order valence-electron chi connectivity index (χ3n) is 6.24. The van der Waals surface area contributed by atoms with Crippen molar-refractivity contribution in [3.8, 4) is 0 Å². The molecule has 2 aromatic carbocycles. The number of carboxylic acids is 1. The van der Waals surface area contributed by atoms with E-state index in [0.29, 0.717) is 5.56 Å². The van der Waals surface area contributed by atoms with Crippen LogP contribution in [0.5, 0.6) is 0 Å². The van der Waals surface area contributed by atoms with Gasteiger partial charge >= 0.3 is 27.0 Å². The largest absolute Gasteiger partial charge is 2.00 e. The fraction of sp³-hybridized carbons (Fsp3) is 0.321. The predicted molar refractivity (Wildman–Crippen MR) is 143 cm³/mol. The normalized spacial score (nSPS) is 16.2. The minimum Gasteiger partial charge on any atom is -0.676 e. The van der Waals surface area contributed by atoms with Crippen LogP contribution in [0.25, 0.3) is 33.3 Å². The van der Waals surface area contributed by atoms with E-state index in [2.05, 4.69) is 35.9 Å². The fourth-order valence-electron chi connectivity index (χ4n) is 4.10. The Labute approximate surface area is 231 Å². The van der Waals surface area contributed by atoms with Crippen molar-refractivity contribution >= 4 is 27.8 Å². The molecule has 0 amide bonds. The van der Waals surface area contributed by atoms with Crippen LogP contribution in [0.3, 0.4) is 0 Å². The van der Waals surface area contributed by atoms with Crippen LogP contribution < -0.4 is 0 Å². The van der Waals surface area contributed by atoms with Gasteiger partial charge in [0.25, 0.3) is 0 Å². The van der Waals surface area contributed by atoms with Crippen LogP contribution in [-0.2, 0) is 32.3 Å². The number of rotatable bonds is 2. The Hall–Kier alpha value is -2.77. The summed E-state index contributed by atoms with van der Waals surface area (Å²) < 4.78 is 12.3. The molecule has 0 radical (unpaired) electrons. The van der Waals surface area contributed by atoms with Gasteiger partial charge in [-0.2, -0.15) is 12.1 Å². The summed E-state index contributed by atoms with van der Waals surface area (Å²) >= 11 is 0. The molecule has 5 N–H and O–H groups in total. The fourth-order valence-corrected chi connectivity index (χ4v) is 4.10. The number of benzene rings is 2. The summed E-state index contributed by atoms with van der Waals surface area (Å²) in [4.78, 5) is 19.1. The number of aliphatic carboxylic acids is 1. The molecule has 1 saturated carbocycles. The van der Waals surface area contributed by atoms with E-state index in [1.54, 1.807) is 0 Å². The van der Waals surface area contributed by atoms with E-state index in [9.17, 15) is 9.18 Å². The summed E-state index contributed by atoms with van der Waals surface area (Å²) in [7, 11) is 0. The third kappa shape index (κ3) is 8.93. The first-order chi connectivity index (χ1) is 16.8. The van der Waals surface area contributed by atoms with Gasteiger partial charge in [0, 0.05) is 23.2 Å². The van der Waals surface area contributed by atoms with Crippen LogP contribution >= 0.6 is 0 Å². The molecule has 4 aromatic rings. The maximum Gasteiger partial charge on any atom is 2.00 e. The van der Waals surface area contributed by atoms with Crippen LogP contribution in [0.4, 0.5) is 4.39 Å². The molecule has 5 rings (SSSR count). The minimum atomic E-state index is -0.906. The summed E-state index contributed by atoms with van der Waals surface area (Å²) in [6, 6.07) is 13.4. The topological polar surface area (TPSA) is 142 Å². The van der Waals surface area contributed by atoms with Gasteiger partial charge in [0.15, 0.2) is 0 Å². The molecule has 0 spiro atoms. The van der Waals surface area contributed by atoms with Crippen LogP contribution in [-0.4, -0.2) is 38.6 Å². The molecule has 1 aliphatic rings. The number of nitrogens with zero attached hydrogens (tertiary/aromatic N) is 2. The van der Waals surface area contributed by atoms with E-state index in [1.807, 2.05) is 24.5 Å². The van der Waals surface area contributed by atoms with E-state index in [1.165, 1.54) is 59.0 Å². The molecule has 1 aliphatic carbocycles. The number of aryl methyl sites for hydroxylation is 2. The second-order valence-corrected chi connectivity index (χ2v) is 8.74. The number of hydrogen-bond donors (Lipinski definition) is 1. The maximum absolute atomic E-state index is 12.3. The van der Waals surface area contributed by atoms with E-state index in [4.69, 9.17) is 16.6 Å². The van der Waals surface area contributed by atoms with Crippen LogP contribution in [0.2, 0.25) is 0 Å². The predicted octanol–water partition coefficient (Wildman–Crippen LogP) is 6.43. The summed E-state index contributed by atoms with van der Waals surface area (Å²) in [5, 5.41) is 10.7. The Bertz CT molecular complexity index is 1220. The summed E-state index contributed by atoms with van der Waals surface area (Å²) in [6.07, 6.45) is 7.84. The second-order valence-electron chi connectivity index (χ2n) is 8.74. The molecule has 9 heteroatoms. The molecule has 7 nitrogen and oxygen atoms in total. The van der Waals surface area contributed by atoms with Gasteiger partial charge in [-0.25, -0.2) is 4.39 Å². The minimum absolute atomic E-state index is 0. The van der Waals surface area contributed by atoms with Gasteiger partial charge in [0.1, 0.15) is 5.82 Å². The molecule has 0 bridgehead atoms. The number of carbonyl (C=O) groups is 1. The van der Waals surface area contributed by atoms with E-state index in [-0.39, 0.29) is 50.9 Å². The van der Waals surface area contributed by atoms with E-state index in [0.717, 1.165) is 23.9 Å². The molecular weight excluding hydrogens is 654 g/mol. The van der Waals surface area contributed by atoms with Gasteiger partial charge < -0.3 is 22.1 Å². The van der Waals surface area contributed by atoms with Crippen molar-refractivity contribution in [1.29, 1.82) is 0 Å². The first kappa shape index (κ1) is 32.3. The Morgan fingerprint density at radius 3 is 1.70 bits per heavy atom.